The monoisotopic (exact) mass is 328 g/mol. The number of likely N-dealkylation sites (tertiary alicyclic amines) is 1. The van der Waals surface area contributed by atoms with Crippen molar-refractivity contribution in [1.82, 2.24) is 4.90 Å². The molecule has 1 heterocycles. The SMILES string of the molecule is CCOc1cccc(CN2CCC(N)C(C)(C)C2)c1OC(F)F. The zero-order valence-corrected chi connectivity index (χ0v) is 14.0. The highest BCUT2D eigenvalue weighted by molar-refractivity contribution is 5.46. The smallest absolute Gasteiger partial charge is 0.387 e. The Morgan fingerprint density at radius 2 is 2.13 bits per heavy atom. The van der Waals surface area contributed by atoms with Crippen molar-refractivity contribution in [2.24, 2.45) is 11.1 Å². The quantitative estimate of drug-likeness (QED) is 0.871. The normalized spacial score (nSPS) is 21.4. The lowest BCUT2D eigenvalue weighted by Crippen LogP contribution is -2.52. The fourth-order valence-electron chi connectivity index (χ4n) is 3.04. The van der Waals surface area contributed by atoms with E-state index in [1.807, 2.05) is 13.0 Å². The van der Waals surface area contributed by atoms with Gasteiger partial charge in [0.05, 0.1) is 6.61 Å². The van der Waals surface area contributed by atoms with Gasteiger partial charge in [-0.1, -0.05) is 26.0 Å². The summed E-state index contributed by atoms with van der Waals surface area (Å²) in [5.74, 6) is 0.496. The van der Waals surface area contributed by atoms with Crippen LogP contribution in [-0.2, 0) is 6.54 Å². The summed E-state index contributed by atoms with van der Waals surface area (Å²) in [4.78, 5) is 2.23. The fraction of sp³-hybridized carbons (Fsp3) is 0.647. The Bertz CT molecular complexity index is 523. The average Bonchev–Trinajstić information content (AvgIpc) is 2.46. The molecule has 1 aromatic rings. The Balaban J connectivity index is 2.20. The van der Waals surface area contributed by atoms with Crippen molar-refractivity contribution in [2.45, 2.75) is 46.4 Å². The number of alkyl halides is 2. The summed E-state index contributed by atoms with van der Waals surface area (Å²) < 4.78 is 35.7. The third-order valence-electron chi connectivity index (χ3n) is 4.35. The van der Waals surface area contributed by atoms with E-state index in [0.29, 0.717) is 24.5 Å². The van der Waals surface area contributed by atoms with Crippen LogP contribution in [0.25, 0.3) is 0 Å². The van der Waals surface area contributed by atoms with Crippen LogP contribution < -0.4 is 15.2 Å². The second-order valence-electron chi connectivity index (χ2n) is 6.65. The van der Waals surface area contributed by atoms with E-state index in [-0.39, 0.29) is 17.2 Å². The Morgan fingerprint density at radius 3 is 2.74 bits per heavy atom. The molecule has 4 nitrogen and oxygen atoms in total. The second kappa shape index (κ2) is 7.45. The second-order valence-corrected chi connectivity index (χ2v) is 6.65. The van der Waals surface area contributed by atoms with Crippen molar-refractivity contribution >= 4 is 0 Å². The molecule has 0 amide bonds. The van der Waals surface area contributed by atoms with E-state index >= 15 is 0 Å². The molecule has 6 heteroatoms. The number of halogens is 2. The lowest BCUT2D eigenvalue weighted by molar-refractivity contribution is -0.0526. The number of benzene rings is 1. The summed E-state index contributed by atoms with van der Waals surface area (Å²) in [5.41, 5.74) is 6.87. The first-order chi connectivity index (χ1) is 10.8. The van der Waals surface area contributed by atoms with E-state index in [2.05, 4.69) is 18.7 Å². The first kappa shape index (κ1) is 17.9. The molecule has 23 heavy (non-hydrogen) atoms. The average molecular weight is 328 g/mol. The van der Waals surface area contributed by atoms with Crippen molar-refractivity contribution < 1.29 is 18.3 Å². The van der Waals surface area contributed by atoms with Crippen LogP contribution in [0.4, 0.5) is 8.78 Å². The number of hydrogen-bond acceptors (Lipinski definition) is 4. The minimum Gasteiger partial charge on any atom is -0.490 e. The molecule has 1 atom stereocenters. The highest BCUT2D eigenvalue weighted by Gasteiger charge is 2.33. The van der Waals surface area contributed by atoms with E-state index in [1.54, 1.807) is 12.1 Å². The predicted molar refractivity (Wildman–Crippen MR) is 85.9 cm³/mol. The topological polar surface area (TPSA) is 47.7 Å². The number of piperidine rings is 1. The molecule has 1 aromatic carbocycles. The van der Waals surface area contributed by atoms with Gasteiger partial charge in [0.15, 0.2) is 11.5 Å². The highest BCUT2D eigenvalue weighted by Crippen LogP contribution is 2.35. The van der Waals surface area contributed by atoms with Crippen molar-refractivity contribution in [3.8, 4) is 11.5 Å². The zero-order chi connectivity index (χ0) is 17.0. The largest absolute Gasteiger partial charge is 0.490 e. The molecule has 2 N–H and O–H groups in total. The number of hydrogen-bond donors (Lipinski definition) is 1. The number of para-hydroxylation sites is 1. The molecule has 0 aliphatic carbocycles. The van der Waals surface area contributed by atoms with Crippen LogP contribution in [-0.4, -0.2) is 37.2 Å². The van der Waals surface area contributed by atoms with E-state index in [1.165, 1.54) is 0 Å². The summed E-state index contributed by atoms with van der Waals surface area (Å²) in [5, 5.41) is 0. The molecule has 1 unspecified atom stereocenters. The van der Waals surface area contributed by atoms with Crippen LogP contribution in [0.5, 0.6) is 11.5 Å². The van der Waals surface area contributed by atoms with Gasteiger partial charge < -0.3 is 15.2 Å². The van der Waals surface area contributed by atoms with Crippen LogP contribution >= 0.6 is 0 Å². The van der Waals surface area contributed by atoms with Gasteiger partial charge in [-0.25, -0.2) is 0 Å². The maximum absolute atomic E-state index is 12.8. The molecule has 0 bridgehead atoms. The zero-order valence-electron chi connectivity index (χ0n) is 14.0. The van der Waals surface area contributed by atoms with Crippen molar-refractivity contribution in [3.05, 3.63) is 23.8 Å². The first-order valence-corrected chi connectivity index (χ1v) is 8.01. The lowest BCUT2D eigenvalue weighted by atomic mass is 9.79. The van der Waals surface area contributed by atoms with Gasteiger partial charge in [-0.15, -0.1) is 0 Å². The van der Waals surface area contributed by atoms with Gasteiger partial charge in [-0.05, 0) is 24.8 Å². The molecule has 0 radical (unpaired) electrons. The molecule has 1 aliphatic heterocycles. The molecule has 1 aliphatic rings. The van der Waals surface area contributed by atoms with Crippen LogP contribution in [0.2, 0.25) is 0 Å². The van der Waals surface area contributed by atoms with E-state index in [0.717, 1.165) is 19.5 Å². The standard InChI is InChI=1S/C17H26F2N2O2/c1-4-22-13-7-5-6-12(15(13)23-16(18)19)10-21-9-8-14(20)17(2,3)11-21/h5-7,14,16H,4,8-11,20H2,1-3H3. The van der Waals surface area contributed by atoms with E-state index in [4.69, 9.17) is 15.2 Å². The van der Waals surface area contributed by atoms with Crippen LogP contribution in [0.15, 0.2) is 18.2 Å². The van der Waals surface area contributed by atoms with Crippen molar-refractivity contribution in [3.63, 3.8) is 0 Å². The summed E-state index contributed by atoms with van der Waals surface area (Å²) in [6, 6.07) is 5.42. The van der Waals surface area contributed by atoms with Gasteiger partial charge in [0, 0.05) is 31.2 Å². The molecular formula is C17H26F2N2O2. The Kier molecular flexibility index (Phi) is 5.81. The van der Waals surface area contributed by atoms with Crippen LogP contribution in [0, 0.1) is 5.41 Å². The van der Waals surface area contributed by atoms with Gasteiger partial charge >= 0.3 is 6.61 Å². The first-order valence-electron chi connectivity index (χ1n) is 8.01. The summed E-state index contributed by atoms with van der Waals surface area (Å²) in [6.07, 6.45) is 0.892. The molecule has 1 saturated heterocycles. The van der Waals surface area contributed by atoms with Gasteiger partial charge in [-0.2, -0.15) is 8.78 Å². The minimum atomic E-state index is -2.87. The Hall–Kier alpha value is -1.40. The maximum Gasteiger partial charge on any atom is 0.387 e. The molecular weight excluding hydrogens is 302 g/mol. The minimum absolute atomic E-state index is 0.000482. The summed E-state index contributed by atoms with van der Waals surface area (Å²) >= 11 is 0. The summed E-state index contributed by atoms with van der Waals surface area (Å²) in [6.45, 7) is 5.81. The molecule has 2 rings (SSSR count). The maximum atomic E-state index is 12.8. The van der Waals surface area contributed by atoms with Gasteiger partial charge in [0.2, 0.25) is 0 Å². The Labute approximate surface area is 136 Å². The van der Waals surface area contributed by atoms with E-state index < -0.39 is 6.61 Å². The van der Waals surface area contributed by atoms with Crippen molar-refractivity contribution in [1.29, 1.82) is 0 Å². The molecule has 0 spiro atoms. The van der Waals surface area contributed by atoms with Crippen molar-refractivity contribution in [2.75, 3.05) is 19.7 Å². The molecule has 0 aromatic heterocycles. The molecule has 1 fully saturated rings. The van der Waals surface area contributed by atoms with E-state index in [9.17, 15) is 8.78 Å². The predicted octanol–water partition coefficient (Wildman–Crippen LogP) is 3.25. The Morgan fingerprint density at radius 1 is 1.39 bits per heavy atom. The van der Waals surface area contributed by atoms with Crippen LogP contribution in [0.3, 0.4) is 0 Å². The number of ether oxygens (including phenoxy) is 2. The van der Waals surface area contributed by atoms with Gasteiger partial charge in [0.1, 0.15) is 0 Å². The molecule has 130 valence electrons. The number of rotatable bonds is 6. The third-order valence-corrected chi connectivity index (χ3v) is 4.35. The summed E-state index contributed by atoms with van der Waals surface area (Å²) in [7, 11) is 0. The third kappa shape index (κ3) is 4.54. The lowest BCUT2D eigenvalue weighted by Gasteiger charge is -2.42. The van der Waals surface area contributed by atoms with Crippen LogP contribution in [0.1, 0.15) is 32.8 Å². The highest BCUT2D eigenvalue weighted by atomic mass is 19.3. The molecule has 0 saturated carbocycles. The number of nitrogens with zero attached hydrogens (tertiary/aromatic N) is 1. The fourth-order valence-corrected chi connectivity index (χ4v) is 3.04. The van der Waals surface area contributed by atoms with Gasteiger partial charge in [0.25, 0.3) is 0 Å². The number of nitrogens with two attached hydrogens (primary N) is 1. The van der Waals surface area contributed by atoms with Gasteiger partial charge in [-0.3, -0.25) is 4.90 Å².